The predicted octanol–water partition coefficient (Wildman–Crippen LogP) is 4.89. The molecule has 0 radical (unpaired) electrons. The number of amides is 5. The smallest absolute Gasteiger partial charge is 0.266 e. The van der Waals surface area contributed by atoms with Crippen molar-refractivity contribution in [2.75, 3.05) is 59.5 Å². The summed E-state index contributed by atoms with van der Waals surface area (Å²) in [4.78, 5) is 76.2. The van der Waals surface area contributed by atoms with E-state index in [1.807, 2.05) is 0 Å². The number of aromatic hydroxyl groups is 1. The Kier molecular flexibility index (Phi) is 14.0. The number of phenolic OH excluding ortho intramolecular Hbond substituents is 1. The van der Waals surface area contributed by atoms with E-state index < -0.39 is 35.6 Å². The predicted molar refractivity (Wildman–Crippen MR) is 226 cm³/mol. The molecule has 1 unspecified atom stereocenters. The van der Waals surface area contributed by atoms with Gasteiger partial charge >= 0.3 is 0 Å². The molecule has 18 heteroatoms. The van der Waals surface area contributed by atoms with Crippen LogP contribution in [0.4, 0.5) is 0 Å². The lowest BCUT2D eigenvalue weighted by molar-refractivity contribution is -0.136. The lowest BCUT2D eigenvalue weighted by atomic mass is 9.98. The van der Waals surface area contributed by atoms with Crippen molar-refractivity contribution in [3.8, 4) is 45.4 Å². The molecule has 0 spiro atoms. The van der Waals surface area contributed by atoms with Gasteiger partial charge in [0.05, 0.1) is 67.8 Å². The number of phenols is 1. The summed E-state index contributed by atoms with van der Waals surface area (Å²) in [6.45, 7) is 4.01. The Morgan fingerprint density at radius 2 is 1.49 bits per heavy atom. The zero-order chi connectivity index (χ0) is 44.6. The van der Waals surface area contributed by atoms with Crippen molar-refractivity contribution in [3.05, 3.63) is 105 Å². The second-order valence-electron chi connectivity index (χ2n) is 14.2. The summed E-state index contributed by atoms with van der Waals surface area (Å²) >= 11 is 6.62. The first kappa shape index (κ1) is 44.3. The maximum Gasteiger partial charge on any atom is 0.266 e. The van der Waals surface area contributed by atoms with Gasteiger partial charge in [-0.25, -0.2) is 0 Å². The van der Waals surface area contributed by atoms with E-state index >= 15 is 0 Å². The quantitative estimate of drug-likeness (QED) is 0.0698. The van der Waals surface area contributed by atoms with E-state index in [4.69, 9.17) is 50.2 Å². The van der Waals surface area contributed by atoms with Crippen molar-refractivity contribution in [1.29, 1.82) is 0 Å². The summed E-state index contributed by atoms with van der Waals surface area (Å²) in [7, 11) is 0. The van der Waals surface area contributed by atoms with Gasteiger partial charge in [-0.3, -0.25) is 39.0 Å². The van der Waals surface area contributed by atoms with E-state index in [1.54, 1.807) is 43.3 Å². The van der Waals surface area contributed by atoms with Crippen LogP contribution in [0.3, 0.4) is 0 Å². The fraction of sp³-hybridized carbons (Fsp3) is 0.289. The normalized spacial score (nSPS) is 14.8. The van der Waals surface area contributed by atoms with E-state index in [1.165, 1.54) is 36.4 Å². The Balaban J connectivity index is 0.814. The Labute approximate surface area is 364 Å². The van der Waals surface area contributed by atoms with Crippen LogP contribution in [0.15, 0.2) is 82.0 Å². The molecule has 0 saturated carbocycles. The molecule has 0 aliphatic carbocycles. The van der Waals surface area contributed by atoms with Crippen LogP contribution in [0.25, 0.3) is 33.4 Å². The Morgan fingerprint density at radius 1 is 0.778 bits per heavy atom. The number of ether oxygens (including phenoxy) is 6. The van der Waals surface area contributed by atoms with E-state index in [0.29, 0.717) is 42.4 Å². The Hall–Kier alpha value is -6.79. The van der Waals surface area contributed by atoms with Crippen molar-refractivity contribution in [2.24, 2.45) is 5.73 Å². The summed E-state index contributed by atoms with van der Waals surface area (Å²) in [5, 5.41) is 13.3. The molecule has 5 amide bonds. The zero-order valence-corrected chi connectivity index (χ0v) is 34.7. The number of fused-ring (bicyclic) bond motifs is 2. The minimum absolute atomic E-state index is 0.0285. The standard InChI is InChI=1S/C45H42ClN3O14/c1-2-60-37-24-39-31(22-30(37)29-20-25(42(47)53)6-10-34(29)50)35(51)23-38(63-39)27-8-7-26(21-32(27)46)61-18-16-58-14-12-57-13-15-59-17-19-62-36-5-3-4-28-41(36)45(56)49(44(28)55)33-9-11-40(52)48-43(33)54/h3-8,10,20-24,33,50H,2,9,11-19H2,1H3,(H2,47,53)(H,48,52,54). The number of hydrogen-bond donors (Lipinski definition) is 3. The third-order valence-electron chi connectivity index (χ3n) is 10.1. The molecule has 7 rings (SSSR count). The van der Waals surface area contributed by atoms with Crippen molar-refractivity contribution in [1.82, 2.24) is 10.2 Å². The van der Waals surface area contributed by atoms with Crippen molar-refractivity contribution in [3.63, 3.8) is 0 Å². The number of nitrogens with one attached hydrogen (secondary N) is 1. The number of hydrogen-bond acceptors (Lipinski definition) is 14. The molecule has 1 atom stereocenters. The molecule has 2 aliphatic rings. The van der Waals surface area contributed by atoms with Crippen LogP contribution in [0, 0.1) is 0 Å². The van der Waals surface area contributed by atoms with Crippen LogP contribution >= 0.6 is 11.6 Å². The maximum atomic E-state index is 13.4. The van der Waals surface area contributed by atoms with E-state index in [2.05, 4.69) is 5.32 Å². The monoisotopic (exact) mass is 883 g/mol. The van der Waals surface area contributed by atoms with Gasteiger partial charge < -0.3 is 43.7 Å². The number of imide groups is 2. The molecule has 63 heavy (non-hydrogen) atoms. The van der Waals surface area contributed by atoms with Gasteiger partial charge in [0.25, 0.3) is 11.8 Å². The van der Waals surface area contributed by atoms with Crippen LogP contribution < -0.4 is 30.7 Å². The van der Waals surface area contributed by atoms with Gasteiger partial charge in [0.1, 0.15) is 53.6 Å². The highest BCUT2D eigenvalue weighted by Crippen LogP contribution is 2.40. The van der Waals surface area contributed by atoms with Crippen LogP contribution in [-0.4, -0.2) is 105 Å². The summed E-state index contributed by atoms with van der Waals surface area (Å²) in [6, 6.07) is 17.1. The van der Waals surface area contributed by atoms with Gasteiger partial charge in [-0.2, -0.15) is 0 Å². The highest BCUT2D eigenvalue weighted by Gasteiger charge is 2.46. The van der Waals surface area contributed by atoms with Crippen LogP contribution in [0.5, 0.6) is 23.0 Å². The first-order valence-corrected chi connectivity index (χ1v) is 20.3. The topological polar surface area (TPSA) is 232 Å². The number of benzene rings is 4. The van der Waals surface area contributed by atoms with E-state index in [9.17, 15) is 33.9 Å². The molecule has 328 valence electrons. The molecule has 1 aromatic heterocycles. The molecule has 4 N–H and O–H groups in total. The number of carbonyl (C=O) groups is 5. The SMILES string of the molecule is CCOc1cc2oc(-c3ccc(OCCOCCOCCOCCOc4cccc5c4C(=O)N(C4CCC(=O)NC4=O)C5=O)cc3Cl)cc(=O)c2cc1-c1cc(C(N)=O)ccc1O. The molecule has 4 aromatic carbocycles. The highest BCUT2D eigenvalue weighted by atomic mass is 35.5. The van der Waals surface area contributed by atoms with Gasteiger partial charge in [0.2, 0.25) is 17.7 Å². The second kappa shape index (κ2) is 19.9. The van der Waals surface area contributed by atoms with Gasteiger partial charge in [0, 0.05) is 40.8 Å². The molecule has 0 bridgehead atoms. The van der Waals surface area contributed by atoms with E-state index in [-0.39, 0.29) is 113 Å². The third kappa shape index (κ3) is 9.97. The highest BCUT2D eigenvalue weighted by molar-refractivity contribution is 6.33. The van der Waals surface area contributed by atoms with Gasteiger partial charge in [-0.1, -0.05) is 17.7 Å². The fourth-order valence-electron chi connectivity index (χ4n) is 7.07. The van der Waals surface area contributed by atoms with Crippen LogP contribution in [0.2, 0.25) is 5.02 Å². The lowest BCUT2D eigenvalue weighted by Crippen LogP contribution is -2.54. The number of primary amides is 1. The molecule has 3 heterocycles. The van der Waals surface area contributed by atoms with E-state index in [0.717, 1.165) is 4.90 Å². The number of nitrogens with two attached hydrogens (primary N) is 1. The number of carbonyl (C=O) groups excluding carboxylic acids is 5. The summed E-state index contributed by atoms with van der Waals surface area (Å²) < 4.78 is 40.2. The summed E-state index contributed by atoms with van der Waals surface area (Å²) in [6.07, 6.45) is 0.0885. The molecule has 1 fully saturated rings. The molecule has 2 aliphatic heterocycles. The molecular weight excluding hydrogens is 842 g/mol. The van der Waals surface area contributed by atoms with Crippen LogP contribution in [-0.2, 0) is 23.8 Å². The average molecular weight is 884 g/mol. The minimum Gasteiger partial charge on any atom is -0.507 e. The Morgan fingerprint density at radius 3 is 2.17 bits per heavy atom. The Bertz CT molecular complexity index is 2650. The number of nitrogens with zero attached hydrogens (tertiary/aromatic N) is 1. The van der Waals surface area contributed by atoms with Gasteiger partial charge in [-0.05, 0) is 67.9 Å². The van der Waals surface area contributed by atoms with Gasteiger partial charge in [-0.15, -0.1) is 0 Å². The number of halogens is 1. The first-order valence-electron chi connectivity index (χ1n) is 20.0. The lowest BCUT2D eigenvalue weighted by Gasteiger charge is -2.27. The molecule has 5 aromatic rings. The number of piperidine rings is 1. The summed E-state index contributed by atoms with van der Waals surface area (Å²) in [5.74, 6) is -1.99. The first-order chi connectivity index (χ1) is 30.4. The molecule has 1 saturated heterocycles. The zero-order valence-electron chi connectivity index (χ0n) is 33.9. The third-order valence-corrected chi connectivity index (χ3v) is 10.4. The molecule has 17 nitrogen and oxygen atoms in total. The minimum atomic E-state index is -1.07. The number of rotatable bonds is 20. The van der Waals surface area contributed by atoms with Gasteiger partial charge in [0.15, 0.2) is 5.43 Å². The van der Waals surface area contributed by atoms with Crippen LogP contribution in [0.1, 0.15) is 50.8 Å². The fourth-order valence-corrected chi connectivity index (χ4v) is 7.33. The summed E-state index contributed by atoms with van der Waals surface area (Å²) in [5.41, 5.74) is 6.78. The van der Waals surface area contributed by atoms with Crippen molar-refractivity contribution >= 4 is 52.1 Å². The molecular formula is C45H42ClN3O14. The van der Waals surface area contributed by atoms with Crippen molar-refractivity contribution in [2.45, 2.75) is 25.8 Å². The average Bonchev–Trinajstić information content (AvgIpc) is 3.51. The largest absolute Gasteiger partial charge is 0.507 e. The second-order valence-corrected chi connectivity index (χ2v) is 14.6. The van der Waals surface area contributed by atoms with Crippen molar-refractivity contribution < 1.29 is 61.9 Å². The maximum absolute atomic E-state index is 13.4.